The van der Waals surface area contributed by atoms with Crippen LogP contribution >= 0.6 is 0 Å². The van der Waals surface area contributed by atoms with Crippen molar-refractivity contribution >= 4 is 5.91 Å². The number of rotatable bonds is 8. The van der Waals surface area contributed by atoms with E-state index in [1.54, 1.807) is 4.90 Å². The smallest absolute Gasteiger partial charge is 0.236 e. The van der Waals surface area contributed by atoms with Crippen molar-refractivity contribution in [3.05, 3.63) is 82.7 Å². The molecule has 0 N–H and O–H groups in total. The van der Waals surface area contributed by atoms with Gasteiger partial charge in [-0.15, -0.1) is 0 Å². The Kier molecular flexibility index (Phi) is 7.06. The third-order valence-electron chi connectivity index (χ3n) is 5.55. The van der Waals surface area contributed by atoms with Crippen LogP contribution < -0.4 is 0 Å². The zero-order valence-corrected chi connectivity index (χ0v) is 18.7. The van der Waals surface area contributed by atoms with Gasteiger partial charge in [-0.3, -0.25) is 9.69 Å². The van der Waals surface area contributed by atoms with Crippen molar-refractivity contribution in [3.63, 3.8) is 0 Å². The molecule has 0 radical (unpaired) electrons. The van der Waals surface area contributed by atoms with Gasteiger partial charge >= 0.3 is 0 Å². The molecule has 0 saturated heterocycles. The van der Waals surface area contributed by atoms with Crippen LogP contribution in [-0.2, 0) is 24.3 Å². The summed E-state index contributed by atoms with van der Waals surface area (Å²) < 4.78 is 1.98. The number of carbonyl (C=O) groups is 1. The van der Waals surface area contributed by atoms with Crippen molar-refractivity contribution in [1.29, 1.82) is 0 Å². The van der Waals surface area contributed by atoms with Crippen LogP contribution in [0.5, 0.6) is 0 Å². The van der Waals surface area contributed by atoms with E-state index in [-0.39, 0.29) is 5.91 Å². The van der Waals surface area contributed by atoms with E-state index in [2.05, 4.69) is 55.1 Å². The lowest BCUT2D eigenvalue weighted by Crippen LogP contribution is -2.36. The molecule has 0 fully saturated rings. The number of benzene rings is 2. The van der Waals surface area contributed by atoms with E-state index < -0.39 is 0 Å². The first-order valence-corrected chi connectivity index (χ1v) is 10.5. The number of amides is 1. The van der Waals surface area contributed by atoms with Gasteiger partial charge in [-0.2, -0.15) is 5.10 Å². The summed E-state index contributed by atoms with van der Waals surface area (Å²) in [5.74, 6) is 0.114. The van der Waals surface area contributed by atoms with Crippen LogP contribution in [0.25, 0.3) is 5.69 Å². The van der Waals surface area contributed by atoms with E-state index in [4.69, 9.17) is 5.10 Å². The van der Waals surface area contributed by atoms with Gasteiger partial charge in [-0.1, -0.05) is 49.4 Å². The fourth-order valence-electron chi connectivity index (χ4n) is 3.64. The van der Waals surface area contributed by atoms with Gasteiger partial charge in [0.1, 0.15) is 0 Å². The topological polar surface area (TPSA) is 41.4 Å². The van der Waals surface area contributed by atoms with Gasteiger partial charge in [0.15, 0.2) is 0 Å². The van der Waals surface area contributed by atoms with Gasteiger partial charge in [-0.05, 0) is 50.6 Å². The summed E-state index contributed by atoms with van der Waals surface area (Å²) >= 11 is 0. The molecule has 0 atom stereocenters. The second kappa shape index (κ2) is 9.72. The summed E-state index contributed by atoms with van der Waals surface area (Å²) in [4.78, 5) is 16.6. The largest absolute Gasteiger partial charge is 0.340 e. The third kappa shape index (κ3) is 5.16. The summed E-state index contributed by atoms with van der Waals surface area (Å²) in [6, 6.07) is 18.6. The van der Waals surface area contributed by atoms with Crippen molar-refractivity contribution in [2.75, 3.05) is 20.6 Å². The summed E-state index contributed by atoms with van der Waals surface area (Å²) in [6.45, 7) is 7.95. The van der Waals surface area contributed by atoms with E-state index >= 15 is 0 Å². The molecule has 0 unspecified atom stereocenters. The quantitative estimate of drug-likeness (QED) is 0.567. The van der Waals surface area contributed by atoms with Crippen molar-refractivity contribution in [2.45, 2.75) is 40.3 Å². The van der Waals surface area contributed by atoms with Crippen molar-refractivity contribution < 1.29 is 4.79 Å². The first-order valence-electron chi connectivity index (χ1n) is 10.5. The van der Waals surface area contributed by atoms with E-state index in [0.29, 0.717) is 19.6 Å². The number of para-hydroxylation sites is 1. The molecule has 0 bridgehead atoms. The molecular formula is C25H32N4O. The Bertz CT molecular complexity index is 976. The monoisotopic (exact) mass is 404 g/mol. The minimum Gasteiger partial charge on any atom is -0.340 e. The van der Waals surface area contributed by atoms with Gasteiger partial charge in [0.2, 0.25) is 5.91 Å². The molecule has 1 aromatic heterocycles. The Labute approximate surface area is 179 Å². The molecule has 5 nitrogen and oxygen atoms in total. The maximum Gasteiger partial charge on any atom is 0.236 e. The Hall–Kier alpha value is -2.92. The van der Waals surface area contributed by atoms with Crippen LogP contribution in [0, 0.1) is 13.8 Å². The average molecular weight is 405 g/mol. The number of carbonyl (C=O) groups excluding carboxylic acids is 1. The lowest BCUT2D eigenvalue weighted by atomic mass is 10.1. The summed E-state index contributed by atoms with van der Waals surface area (Å²) in [5.41, 5.74) is 6.81. The van der Waals surface area contributed by atoms with Gasteiger partial charge in [-0.25, -0.2) is 4.68 Å². The first kappa shape index (κ1) is 21.8. The first-order chi connectivity index (χ1) is 14.4. The van der Waals surface area contributed by atoms with Gasteiger partial charge in [0.25, 0.3) is 0 Å². The van der Waals surface area contributed by atoms with E-state index in [1.807, 2.05) is 43.9 Å². The molecule has 0 spiro atoms. The van der Waals surface area contributed by atoms with Crippen LogP contribution in [0.3, 0.4) is 0 Å². The van der Waals surface area contributed by atoms with Gasteiger partial charge in [0.05, 0.1) is 17.9 Å². The van der Waals surface area contributed by atoms with E-state index in [1.165, 1.54) is 11.1 Å². The predicted molar refractivity (Wildman–Crippen MR) is 122 cm³/mol. The Balaban J connectivity index is 1.61. The highest BCUT2D eigenvalue weighted by molar-refractivity contribution is 5.78. The van der Waals surface area contributed by atoms with Crippen LogP contribution in [0.2, 0.25) is 0 Å². The number of aromatic nitrogens is 2. The average Bonchev–Trinajstić information content (AvgIpc) is 3.03. The van der Waals surface area contributed by atoms with Gasteiger partial charge in [0, 0.05) is 31.4 Å². The second-order valence-electron chi connectivity index (χ2n) is 7.99. The molecule has 2 aromatic carbocycles. The minimum absolute atomic E-state index is 0.114. The molecule has 3 aromatic rings. The van der Waals surface area contributed by atoms with Crippen LogP contribution in [0.1, 0.15) is 35.0 Å². The molecule has 158 valence electrons. The molecule has 30 heavy (non-hydrogen) atoms. The SMILES string of the molecule is CCc1ccc(CN(C)C(=O)CN(C)Cc2c(C)nn(-c3ccccc3)c2C)cc1. The van der Waals surface area contributed by atoms with E-state index in [9.17, 15) is 4.79 Å². The highest BCUT2D eigenvalue weighted by Crippen LogP contribution is 2.19. The molecule has 1 amide bonds. The number of aryl methyl sites for hydroxylation is 2. The normalized spacial score (nSPS) is 11.1. The molecule has 1 heterocycles. The zero-order chi connectivity index (χ0) is 21.7. The second-order valence-corrected chi connectivity index (χ2v) is 7.99. The molecule has 0 aliphatic heterocycles. The molecular weight excluding hydrogens is 372 g/mol. The fraction of sp³-hybridized carbons (Fsp3) is 0.360. The molecule has 0 saturated carbocycles. The lowest BCUT2D eigenvalue weighted by Gasteiger charge is -2.22. The molecule has 3 rings (SSSR count). The predicted octanol–water partition coefficient (Wildman–Crippen LogP) is 4.14. The summed E-state index contributed by atoms with van der Waals surface area (Å²) in [6.07, 6.45) is 1.03. The Morgan fingerprint density at radius 3 is 2.20 bits per heavy atom. The molecule has 0 aliphatic carbocycles. The minimum atomic E-state index is 0.114. The number of nitrogens with zero attached hydrogens (tertiary/aromatic N) is 4. The van der Waals surface area contributed by atoms with E-state index in [0.717, 1.165) is 29.1 Å². The lowest BCUT2D eigenvalue weighted by molar-refractivity contribution is -0.131. The number of likely N-dealkylation sites (N-methyl/N-ethyl adjacent to an activating group) is 2. The van der Waals surface area contributed by atoms with Gasteiger partial charge < -0.3 is 4.90 Å². The molecule has 5 heteroatoms. The summed E-state index contributed by atoms with van der Waals surface area (Å²) in [7, 11) is 3.86. The Morgan fingerprint density at radius 2 is 1.57 bits per heavy atom. The molecule has 0 aliphatic rings. The standard InChI is InChI=1S/C25H32N4O/c1-6-21-12-14-22(15-13-21)16-28(5)25(30)18-27(4)17-24-19(2)26-29(20(24)3)23-10-8-7-9-11-23/h7-15H,6,16-18H2,1-5H3. The summed E-state index contributed by atoms with van der Waals surface area (Å²) in [5, 5.41) is 4.71. The fourth-order valence-corrected chi connectivity index (χ4v) is 3.64. The zero-order valence-electron chi connectivity index (χ0n) is 18.7. The van der Waals surface area contributed by atoms with Crippen LogP contribution in [0.4, 0.5) is 0 Å². The maximum absolute atomic E-state index is 12.7. The third-order valence-corrected chi connectivity index (χ3v) is 5.55. The highest BCUT2D eigenvalue weighted by atomic mass is 16.2. The van der Waals surface area contributed by atoms with Crippen LogP contribution in [-0.4, -0.2) is 46.1 Å². The van der Waals surface area contributed by atoms with Crippen molar-refractivity contribution in [2.24, 2.45) is 0 Å². The number of hydrogen-bond acceptors (Lipinski definition) is 3. The van der Waals surface area contributed by atoms with Crippen molar-refractivity contribution in [1.82, 2.24) is 19.6 Å². The van der Waals surface area contributed by atoms with Crippen LogP contribution in [0.15, 0.2) is 54.6 Å². The van der Waals surface area contributed by atoms with Crippen molar-refractivity contribution in [3.8, 4) is 5.69 Å². The highest BCUT2D eigenvalue weighted by Gasteiger charge is 2.17. The Morgan fingerprint density at radius 1 is 0.933 bits per heavy atom. The number of hydrogen-bond donors (Lipinski definition) is 0. The maximum atomic E-state index is 12.7.